The first-order chi connectivity index (χ1) is 12.3. The van der Waals surface area contributed by atoms with Gasteiger partial charge in [0.15, 0.2) is 0 Å². The van der Waals surface area contributed by atoms with E-state index in [0.717, 1.165) is 24.8 Å². The maximum Gasteiger partial charge on any atom is 0.401 e. The fourth-order valence-electron chi connectivity index (χ4n) is 4.15. The number of benzene rings is 1. The molecule has 1 aromatic carbocycles. The molecule has 0 bridgehead atoms. The van der Waals surface area contributed by atoms with Crippen LogP contribution < -0.4 is 0 Å². The lowest BCUT2D eigenvalue weighted by atomic mass is 10.0. The van der Waals surface area contributed by atoms with Gasteiger partial charge in [-0.15, -0.1) is 0 Å². The Morgan fingerprint density at radius 1 is 1.27 bits per heavy atom. The molecule has 1 aliphatic heterocycles. The number of amides is 1. The van der Waals surface area contributed by atoms with Gasteiger partial charge in [-0.05, 0) is 54.8 Å². The van der Waals surface area contributed by atoms with Gasteiger partial charge in [0.05, 0.1) is 13.0 Å². The van der Waals surface area contributed by atoms with Gasteiger partial charge in [-0.3, -0.25) is 9.69 Å². The lowest BCUT2D eigenvalue weighted by Crippen LogP contribution is -2.38. The van der Waals surface area contributed by atoms with Crippen LogP contribution in [-0.4, -0.2) is 54.6 Å². The van der Waals surface area contributed by atoms with Crippen molar-refractivity contribution in [1.82, 2.24) is 9.80 Å². The molecule has 3 rings (SSSR count). The van der Waals surface area contributed by atoms with Crippen LogP contribution in [0.25, 0.3) is 0 Å². The zero-order valence-corrected chi connectivity index (χ0v) is 15.3. The number of aryl methyl sites for hydroxylation is 2. The maximum atomic E-state index is 12.6. The normalized spacial score (nSPS) is 20.0. The van der Waals surface area contributed by atoms with Crippen molar-refractivity contribution in [3.05, 3.63) is 34.9 Å². The first-order valence-corrected chi connectivity index (χ1v) is 9.51. The van der Waals surface area contributed by atoms with Crippen molar-refractivity contribution < 1.29 is 18.0 Å². The van der Waals surface area contributed by atoms with Gasteiger partial charge in [-0.2, -0.15) is 13.2 Å². The molecule has 144 valence electrons. The SMILES string of the molecule is CCN(CC1CCN(C(=O)Cc2ccc3c(c2)CCC3)C1)CC(F)(F)F. The molecule has 6 heteroatoms. The van der Waals surface area contributed by atoms with E-state index < -0.39 is 12.7 Å². The van der Waals surface area contributed by atoms with E-state index in [1.807, 2.05) is 11.0 Å². The fourth-order valence-corrected chi connectivity index (χ4v) is 4.15. The number of likely N-dealkylation sites (tertiary alicyclic amines) is 1. The molecule has 0 radical (unpaired) electrons. The Balaban J connectivity index is 1.51. The van der Waals surface area contributed by atoms with Gasteiger partial charge in [0, 0.05) is 19.6 Å². The minimum absolute atomic E-state index is 0.0873. The number of fused-ring (bicyclic) bond motifs is 1. The number of carbonyl (C=O) groups is 1. The van der Waals surface area contributed by atoms with Crippen LogP contribution in [0.3, 0.4) is 0 Å². The van der Waals surface area contributed by atoms with Crippen LogP contribution in [0.15, 0.2) is 18.2 Å². The second-order valence-electron chi connectivity index (χ2n) is 7.57. The third-order valence-corrected chi connectivity index (χ3v) is 5.52. The van der Waals surface area contributed by atoms with E-state index in [1.54, 1.807) is 6.92 Å². The van der Waals surface area contributed by atoms with Crippen LogP contribution >= 0.6 is 0 Å². The Kier molecular flexibility index (Phi) is 5.90. The summed E-state index contributed by atoms with van der Waals surface area (Å²) in [5.74, 6) is 0.214. The molecule has 1 amide bonds. The van der Waals surface area contributed by atoms with E-state index in [2.05, 4.69) is 12.1 Å². The van der Waals surface area contributed by atoms with Crippen molar-refractivity contribution in [3.8, 4) is 0 Å². The monoisotopic (exact) mass is 368 g/mol. The lowest BCUT2D eigenvalue weighted by Gasteiger charge is -2.25. The topological polar surface area (TPSA) is 23.6 Å². The van der Waals surface area contributed by atoms with Gasteiger partial charge in [-0.1, -0.05) is 25.1 Å². The van der Waals surface area contributed by atoms with Gasteiger partial charge in [0.25, 0.3) is 0 Å². The number of hydrogen-bond acceptors (Lipinski definition) is 2. The van der Waals surface area contributed by atoms with Crippen LogP contribution in [0.2, 0.25) is 0 Å². The summed E-state index contributed by atoms with van der Waals surface area (Å²) in [5.41, 5.74) is 3.80. The number of carbonyl (C=O) groups excluding carboxylic acids is 1. The molecule has 1 aromatic rings. The Hall–Kier alpha value is -1.56. The van der Waals surface area contributed by atoms with E-state index >= 15 is 0 Å². The van der Waals surface area contributed by atoms with Crippen molar-refractivity contribution in [2.45, 2.75) is 45.2 Å². The molecule has 2 aliphatic rings. The molecule has 3 nitrogen and oxygen atoms in total. The van der Waals surface area contributed by atoms with Crippen LogP contribution in [0.1, 0.15) is 36.5 Å². The van der Waals surface area contributed by atoms with Crippen molar-refractivity contribution in [3.63, 3.8) is 0 Å². The van der Waals surface area contributed by atoms with Crippen molar-refractivity contribution >= 4 is 5.91 Å². The van der Waals surface area contributed by atoms with E-state index in [4.69, 9.17) is 0 Å². The highest BCUT2D eigenvalue weighted by molar-refractivity contribution is 5.79. The van der Waals surface area contributed by atoms with E-state index in [9.17, 15) is 18.0 Å². The molecule has 0 N–H and O–H groups in total. The average Bonchev–Trinajstić information content (AvgIpc) is 3.21. The van der Waals surface area contributed by atoms with Crippen LogP contribution in [-0.2, 0) is 24.1 Å². The molecule has 1 unspecified atom stereocenters. The van der Waals surface area contributed by atoms with Gasteiger partial charge >= 0.3 is 6.18 Å². The van der Waals surface area contributed by atoms with Crippen LogP contribution in [0.5, 0.6) is 0 Å². The summed E-state index contributed by atoms with van der Waals surface area (Å²) in [6, 6.07) is 6.32. The molecule has 0 spiro atoms. The van der Waals surface area contributed by atoms with Crippen molar-refractivity contribution in [2.24, 2.45) is 5.92 Å². The van der Waals surface area contributed by atoms with Gasteiger partial charge in [-0.25, -0.2) is 0 Å². The third kappa shape index (κ3) is 5.00. The van der Waals surface area contributed by atoms with E-state index in [0.29, 0.717) is 32.6 Å². The number of nitrogens with zero attached hydrogens (tertiary/aromatic N) is 2. The highest BCUT2D eigenvalue weighted by Gasteiger charge is 2.33. The summed E-state index contributed by atoms with van der Waals surface area (Å²) in [5, 5.41) is 0. The molecule has 0 aromatic heterocycles. The summed E-state index contributed by atoms with van der Waals surface area (Å²) in [4.78, 5) is 15.8. The Bertz CT molecular complexity index is 644. The third-order valence-electron chi connectivity index (χ3n) is 5.52. The zero-order valence-electron chi connectivity index (χ0n) is 15.3. The molecular formula is C20H27F3N2O. The van der Waals surface area contributed by atoms with E-state index in [1.165, 1.54) is 22.4 Å². The lowest BCUT2D eigenvalue weighted by molar-refractivity contribution is -0.146. The number of hydrogen-bond donors (Lipinski definition) is 0. The quantitative estimate of drug-likeness (QED) is 0.768. The fraction of sp³-hybridized carbons (Fsp3) is 0.650. The molecule has 1 fully saturated rings. The molecular weight excluding hydrogens is 341 g/mol. The first-order valence-electron chi connectivity index (χ1n) is 9.51. The van der Waals surface area contributed by atoms with Gasteiger partial charge in [0.2, 0.25) is 5.91 Å². The predicted octanol–water partition coefficient (Wildman–Crippen LogP) is 3.45. The molecule has 1 heterocycles. The molecule has 26 heavy (non-hydrogen) atoms. The minimum atomic E-state index is -4.17. The highest BCUT2D eigenvalue weighted by atomic mass is 19.4. The largest absolute Gasteiger partial charge is 0.401 e. The summed E-state index contributed by atoms with van der Waals surface area (Å²) in [6.07, 6.45) is 0.410. The second-order valence-corrected chi connectivity index (χ2v) is 7.57. The Morgan fingerprint density at radius 2 is 2.04 bits per heavy atom. The first kappa shape index (κ1) is 19.2. The summed E-state index contributed by atoms with van der Waals surface area (Å²) >= 11 is 0. The molecule has 1 aliphatic carbocycles. The Morgan fingerprint density at radius 3 is 2.77 bits per heavy atom. The molecule has 1 atom stereocenters. The number of halogens is 3. The second kappa shape index (κ2) is 7.99. The predicted molar refractivity (Wildman–Crippen MR) is 95.0 cm³/mol. The molecule has 1 saturated heterocycles. The van der Waals surface area contributed by atoms with Gasteiger partial charge < -0.3 is 4.90 Å². The average molecular weight is 368 g/mol. The minimum Gasteiger partial charge on any atom is -0.342 e. The standard InChI is InChI=1S/C20H27F3N2O/c1-2-24(14-20(21,22)23)12-16-8-9-25(13-16)19(26)11-15-6-7-17-4-3-5-18(17)10-15/h6-7,10,16H,2-5,8-9,11-14H2,1H3. The summed E-state index contributed by atoms with van der Waals surface area (Å²) in [7, 11) is 0. The van der Waals surface area contributed by atoms with Gasteiger partial charge in [0.1, 0.15) is 0 Å². The summed E-state index contributed by atoms with van der Waals surface area (Å²) < 4.78 is 37.8. The number of rotatable bonds is 6. The molecule has 0 saturated carbocycles. The van der Waals surface area contributed by atoms with Crippen molar-refractivity contribution in [2.75, 3.05) is 32.7 Å². The zero-order chi connectivity index (χ0) is 18.7. The summed E-state index contributed by atoms with van der Waals surface area (Å²) in [6.45, 7) is 2.87. The number of alkyl halides is 3. The highest BCUT2D eigenvalue weighted by Crippen LogP contribution is 2.25. The van der Waals surface area contributed by atoms with Crippen LogP contribution in [0, 0.1) is 5.92 Å². The van der Waals surface area contributed by atoms with E-state index in [-0.39, 0.29) is 11.8 Å². The van der Waals surface area contributed by atoms with Crippen molar-refractivity contribution in [1.29, 1.82) is 0 Å². The smallest absolute Gasteiger partial charge is 0.342 e. The maximum absolute atomic E-state index is 12.6. The van der Waals surface area contributed by atoms with Crippen LogP contribution in [0.4, 0.5) is 13.2 Å². The Labute approximate surface area is 153 Å².